The van der Waals surface area contributed by atoms with Crippen molar-refractivity contribution in [1.29, 1.82) is 0 Å². The molecule has 108 valence electrons. The van der Waals surface area contributed by atoms with Gasteiger partial charge in [0.1, 0.15) is 5.82 Å². The van der Waals surface area contributed by atoms with Gasteiger partial charge in [0.2, 0.25) is 0 Å². The van der Waals surface area contributed by atoms with Gasteiger partial charge >= 0.3 is 5.69 Å². The summed E-state index contributed by atoms with van der Waals surface area (Å²) in [5.74, 6) is -0.305. The third-order valence-electron chi connectivity index (χ3n) is 3.33. The van der Waals surface area contributed by atoms with E-state index in [0.717, 1.165) is 5.56 Å². The van der Waals surface area contributed by atoms with Crippen LogP contribution in [0.5, 0.6) is 0 Å². The Labute approximate surface area is 127 Å². The highest BCUT2D eigenvalue weighted by molar-refractivity contribution is 9.10. The first-order valence-corrected chi connectivity index (χ1v) is 7.16. The number of imidazole rings is 1. The third kappa shape index (κ3) is 2.91. The molecule has 0 spiro atoms. The lowest BCUT2D eigenvalue weighted by atomic mass is 10.0. The van der Waals surface area contributed by atoms with E-state index in [1.54, 1.807) is 24.3 Å². The fourth-order valence-electron chi connectivity index (χ4n) is 2.28. The molecule has 3 N–H and O–H groups in total. The maximum Gasteiger partial charge on any atom is 0.323 e. The maximum absolute atomic E-state index is 12.9. The number of aliphatic hydroxyl groups excluding tert-OH is 1. The number of aromatic nitrogens is 2. The monoisotopic (exact) mass is 350 g/mol. The lowest BCUT2D eigenvalue weighted by Crippen LogP contribution is -2.03. The molecule has 0 amide bonds. The second-order valence-corrected chi connectivity index (χ2v) is 5.70. The van der Waals surface area contributed by atoms with E-state index in [-0.39, 0.29) is 11.5 Å². The number of aromatic amines is 2. The van der Waals surface area contributed by atoms with E-state index in [1.807, 2.05) is 0 Å². The molecule has 6 heteroatoms. The molecule has 4 nitrogen and oxygen atoms in total. The number of hydrogen-bond donors (Lipinski definition) is 3. The maximum atomic E-state index is 12.9. The van der Waals surface area contributed by atoms with Crippen molar-refractivity contribution >= 4 is 27.0 Å². The van der Waals surface area contributed by atoms with Gasteiger partial charge in [0.15, 0.2) is 0 Å². The van der Waals surface area contributed by atoms with Gasteiger partial charge in [-0.3, -0.25) is 0 Å². The molecule has 21 heavy (non-hydrogen) atoms. The summed E-state index contributed by atoms with van der Waals surface area (Å²) >= 11 is 3.40. The fourth-order valence-corrected chi connectivity index (χ4v) is 2.89. The molecule has 0 radical (unpaired) electrons. The number of hydrogen-bond acceptors (Lipinski definition) is 2. The minimum Gasteiger partial charge on any atom is -0.388 e. The van der Waals surface area contributed by atoms with E-state index in [0.29, 0.717) is 27.5 Å². The number of H-pyrrole nitrogens is 2. The van der Waals surface area contributed by atoms with Crippen LogP contribution in [0.15, 0.2) is 45.7 Å². The van der Waals surface area contributed by atoms with Gasteiger partial charge in [-0.2, -0.15) is 0 Å². The van der Waals surface area contributed by atoms with Gasteiger partial charge in [-0.05, 0) is 35.4 Å². The second kappa shape index (κ2) is 5.46. The van der Waals surface area contributed by atoms with Crippen molar-refractivity contribution in [2.45, 2.75) is 12.5 Å². The minimum absolute atomic E-state index is 0.290. The van der Waals surface area contributed by atoms with Crippen LogP contribution in [0.3, 0.4) is 0 Å². The van der Waals surface area contributed by atoms with Crippen molar-refractivity contribution in [2.75, 3.05) is 0 Å². The molecule has 1 heterocycles. The van der Waals surface area contributed by atoms with Crippen LogP contribution >= 0.6 is 15.9 Å². The number of benzene rings is 2. The highest BCUT2D eigenvalue weighted by Crippen LogP contribution is 2.29. The molecule has 1 aromatic heterocycles. The number of fused-ring (bicyclic) bond motifs is 1. The zero-order valence-corrected chi connectivity index (χ0v) is 12.4. The Balaban J connectivity index is 1.93. The molecule has 0 aliphatic carbocycles. The number of aliphatic hydroxyl groups is 1. The Kier molecular flexibility index (Phi) is 3.65. The average Bonchev–Trinajstić information content (AvgIpc) is 2.79. The van der Waals surface area contributed by atoms with Gasteiger partial charge in [0.25, 0.3) is 0 Å². The first-order chi connectivity index (χ1) is 10.0. The molecule has 0 saturated heterocycles. The van der Waals surface area contributed by atoms with E-state index in [1.165, 1.54) is 12.1 Å². The van der Waals surface area contributed by atoms with E-state index in [2.05, 4.69) is 25.9 Å². The molecular weight excluding hydrogens is 339 g/mol. The molecule has 0 aliphatic rings. The molecule has 2 aromatic carbocycles. The zero-order chi connectivity index (χ0) is 15.0. The fraction of sp³-hybridized carbons (Fsp3) is 0.133. The summed E-state index contributed by atoms with van der Waals surface area (Å²) in [5, 5.41) is 10.4. The summed E-state index contributed by atoms with van der Waals surface area (Å²) in [4.78, 5) is 16.6. The lowest BCUT2D eigenvalue weighted by molar-refractivity contribution is 0.178. The molecule has 0 aliphatic heterocycles. The number of rotatable bonds is 3. The largest absolute Gasteiger partial charge is 0.388 e. The first kappa shape index (κ1) is 14.0. The van der Waals surface area contributed by atoms with Crippen molar-refractivity contribution in [3.8, 4) is 0 Å². The summed E-state index contributed by atoms with van der Waals surface area (Å²) in [7, 11) is 0. The Bertz CT molecular complexity index is 839. The summed E-state index contributed by atoms with van der Waals surface area (Å²) < 4.78 is 13.6. The van der Waals surface area contributed by atoms with Gasteiger partial charge < -0.3 is 15.1 Å². The van der Waals surface area contributed by atoms with E-state index in [9.17, 15) is 14.3 Å². The Hall–Kier alpha value is -1.92. The molecule has 0 fully saturated rings. The highest BCUT2D eigenvalue weighted by atomic mass is 79.9. The van der Waals surface area contributed by atoms with Gasteiger partial charge in [-0.1, -0.05) is 28.1 Å². The van der Waals surface area contributed by atoms with Gasteiger partial charge in [-0.15, -0.1) is 0 Å². The molecule has 0 bridgehead atoms. The second-order valence-electron chi connectivity index (χ2n) is 4.84. The SMILES string of the molecule is O=c1[nH]c2cc(Br)c(C(O)Cc3ccc(F)cc3)cc2[nH]1. The molecule has 1 unspecified atom stereocenters. The standard InChI is InChI=1S/C15H12BrFN2O2/c16-11-7-13-12(18-15(21)19-13)6-10(11)14(20)5-8-1-3-9(17)4-2-8/h1-4,6-7,14,20H,5H2,(H2,18,19,21). The summed E-state index contributed by atoms with van der Waals surface area (Å²) in [5.41, 5.74) is 2.52. The van der Waals surface area contributed by atoms with Crippen LogP contribution in [-0.2, 0) is 6.42 Å². The number of nitrogens with one attached hydrogen (secondary N) is 2. The molecule has 3 aromatic rings. The van der Waals surface area contributed by atoms with Gasteiger partial charge in [0, 0.05) is 10.9 Å². The van der Waals surface area contributed by atoms with Crippen LogP contribution in [-0.4, -0.2) is 15.1 Å². The molecular formula is C15H12BrFN2O2. The Morgan fingerprint density at radius 2 is 1.76 bits per heavy atom. The predicted octanol–water partition coefficient (Wildman–Crippen LogP) is 3.03. The normalized spacial score (nSPS) is 12.7. The van der Waals surface area contributed by atoms with Crippen molar-refractivity contribution in [2.24, 2.45) is 0 Å². The van der Waals surface area contributed by atoms with Crippen molar-refractivity contribution in [1.82, 2.24) is 9.97 Å². The topological polar surface area (TPSA) is 68.9 Å². The van der Waals surface area contributed by atoms with Crippen LogP contribution in [0.4, 0.5) is 4.39 Å². The van der Waals surface area contributed by atoms with Crippen molar-refractivity contribution < 1.29 is 9.50 Å². The highest BCUT2D eigenvalue weighted by Gasteiger charge is 2.14. The summed E-state index contributed by atoms with van der Waals surface area (Å²) in [6.07, 6.45) is -0.397. The van der Waals surface area contributed by atoms with Gasteiger partial charge in [-0.25, -0.2) is 9.18 Å². The van der Waals surface area contributed by atoms with Gasteiger partial charge in [0.05, 0.1) is 17.1 Å². The van der Waals surface area contributed by atoms with Crippen LogP contribution in [0.1, 0.15) is 17.2 Å². The average molecular weight is 351 g/mol. The summed E-state index contributed by atoms with van der Waals surface area (Å²) in [6.45, 7) is 0. The quantitative estimate of drug-likeness (QED) is 0.679. The predicted molar refractivity (Wildman–Crippen MR) is 81.7 cm³/mol. The van der Waals surface area contributed by atoms with Crippen molar-refractivity contribution in [3.63, 3.8) is 0 Å². The smallest absolute Gasteiger partial charge is 0.323 e. The third-order valence-corrected chi connectivity index (χ3v) is 4.02. The van der Waals surface area contributed by atoms with Crippen LogP contribution < -0.4 is 5.69 Å². The van der Waals surface area contributed by atoms with Crippen LogP contribution in [0.25, 0.3) is 11.0 Å². The minimum atomic E-state index is -0.757. The van der Waals surface area contributed by atoms with E-state index < -0.39 is 6.10 Å². The molecule has 0 saturated carbocycles. The summed E-state index contributed by atoms with van der Waals surface area (Å²) in [6, 6.07) is 9.49. The lowest BCUT2D eigenvalue weighted by Gasteiger charge is -2.13. The Morgan fingerprint density at radius 3 is 2.43 bits per heavy atom. The van der Waals surface area contributed by atoms with Crippen LogP contribution in [0, 0.1) is 5.82 Å². The molecule has 1 atom stereocenters. The van der Waals surface area contributed by atoms with Crippen LogP contribution in [0.2, 0.25) is 0 Å². The Morgan fingerprint density at radius 1 is 1.14 bits per heavy atom. The van der Waals surface area contributed by atoms with E-state index >= 15 is 0 Å². The first-order valence-electron chi connectivity index (χ1n) is 6.37. The number of halogens is 2. The molecule has 3 rings (SSSR count). The van der Waals surface area contributed by atoms with E-state index in [4.69, 9.17) is 0 Å². The van der Waals surface area contributed by atoms with Crippen molar-refractivity contribution in [3.05, 3.63) is 68.3 Å². The zero-order valence-electron chi connectivity index (χ0n) is 10.9.